The van der Waals surface area contributed by atoms with E-state index in [1.165, 1.54) is 12.3 Å². The van der Waals surface area contributed by atoms with Crippen LogP contribution >= 0.6 is 0 Å². The molecule has 140 valence electrons. The first-order valence-electron chi connectivity index (χ1n) is 8.95. The van der Waals surface area contributed by atoms with Crippen LogP contribution in [0.15, 0.2) is 54.9 Å². The Morgan fingerprint density at radius 3 is 2.67 bits per heavy atom. The van der Waals surface area contributed by atoms with Crippen molar-refractivity contribution in [2.24, 2.45) is 0 Å². The lowest BCUT2D eigenvalue weighted by molar-refractivity contribution is -0.0500. The number of aromatic nitrogens is 3. The van der Waals surface area contributed by atoms with Gasteiger partial charge in [0.05, 0.1) is 18.1 Å². The van der Waals surface area contributed by atoms with Gasteiger partial charge in [-0.2, -0.15) is 8.78 Å². The van der Waals surface area contributed by atoms with E-state index in [9.17, 15) is 8.78 Å². The summed E-state index contributed by atoms with van der Waals surface area (Å²) in [5.74, 6) is 2.07. The first-order valence-corrected chi connectivity index (χ1v) is 8.95. The number of halogens is 2. The molecule has 4 rings (SSSR count). The van der Waals surface area contributed by atoms with E-state index in [1.807, 2.05) is 24.4 Å². The largest absolute Gasteiger partial charge is 0.433 e. The van der Waals surface area contributed by atoms with E-state index in [4.69, 9.17) is 0 Å². The molecule has 1 atom stereocenters. The number of aromatic amines is 1. The van der Waals surface area contributed by atoms with Crippen molar-refractivity contribution in [2.75, 3.05) is 18.0 Å². The smallest absolute Gasteiger partial charge is 0.387 e. The zero-order valence-electron chi connectivity index (χ0n) is 14.7. The Bertz CT molecular complexity index is 867. The maximum Gasteiger partial charge on any atom is 0.387 e. The van der Waals surface area contributed by atoms with Crippen LogP contribution in [0.2, 0.25) is 0 Å². The van der Waals surface area contributed by atoms with Crippen molar-refractivity contribution in [2.45, 2.75) is 25.4 Å². The third-order valence-corrected chi connectivity index (χ3v) is 4.76. The summed E-state index contributed by atoms with van der Waals surface area (Å²) in [6, 6.07) is 13.4. The fraction of sp³-hybridized carbons (Fsp3) is 0.300. The molecule has 3 heterocycles. The molecule has 27 heavy (non-hydrogen) atoms. The van der Waals surface area contributed by atoms with Crippen molar-refractivity contribution in [3.8, 4) is 17.0 Å². The number of benzene rings is 1. The number of imidazole rings is 1. The lowest BCUT2D eigenvalue weighted by atomic mass is 9.97. The number of rotatable bonds is 5. The van der Waals surface area contributed by atoms with Crippen LogP contribution in [0.3, 0.4) is 0 Å². The lowest BCUT2D eigenvalue weighted by Gasteiger charge is -2.32. The Morgan fingerprint density at radius 2 is 1.93 bits per heavy atom. The molecule has 7 heteroatoms. The normalized spacial score (nSPS) is 17.3. The van der Waals surface area contributed by atoms with Gasteiger partial charge in [0.15, 0.2) is 0 Å². The molecule has 1 fully saturated rings. The number of anilines is 1. The predicted octanol–water partition coefficient (Wildman–Crippen LogP) is 4.46. The minimum Gasteiger partial charge on any atom is -0.433 e. The Morgan fingerprint density at radius 1 is 1.07 bits per heavy atom. The number of pyridine rings is 1. The molecule has 0 bridgehead atoms. The van der Waals surface area contributed by atoms with Gasteiger partial charge in [-0.3, -0.25) is 0 Å². The molecule has 0 spiro atoms. The summed E-state index contributed by atoms with van der Waals surface area (Å²) in [7, 11) is 0. The van der Waals surface area contributed by atoms with Gasteiger partial charge in [0.2, 0.25) is 0 Å². The maximum atomic E-state index is 12.3. The molecule has 1 aliphatic rings. The first kappa shape index (κ1) is 17.5. The number of nitrogens with zero attached hydrogens (tertiary/aromatic N) is 3. The molecule has 1 N–H and O–H groups in total. The molecule has 1 aliphatic heterocycles. The molecule has 0 radical (unpaired) electrons. The van der Waals surface area contributed by atoms with E-state index in [0.29, 0.717) is 0 Å². The van der Waals surface area contributed by atoms with E-state index in [2.05, 4.69) is 36.7 Å². The highest BCUT2D eigenvalue weighted by Gasteiger charge is 2.24. The maximum absolute atomic E-state index is 12.3. The summed E-state index contributed by atoms with van der Waals surface area (Å²) in [5.41, 5.74) is 2.12. The second-order valence-electron chi connectivity index (χ2n) is 6.56. The summed E-state index contributed by atoms with van der Waals surface area (Å²) >= 11 is 0. The van der Waals surface area contributed by atoms with Gasteiger partial charge < -0.3 is 14.6 Å². The fourth-order valence-corrected chi connectivity index (χ4v) is 3.45. The Labute approximate surface area is 156 Å². The van der Waals surface area contributed by atoms with Crippen LogP contribution < -0.4 is 9.64 Å². The standard InChI is InChI=1S/C20H20F2N4O/c21-20(22)27-16-8-9-18(23-11-16)26-10-4-7-15(13-26)19-24-12-17(25-19)14-5-2-1-3-6-14/h1-3,5-6,8-9,11-12,15,20H,4,7,10,13H2,(H,24,25). The van der Waals surface area contributed by atoms with Crippen molar-refractivity contribution >= 4 is 5.82 Å². The number of H-pyrrole nitrogens is 1. The first-order chi connectivity index (χ1) is 13.2. The van der Waals surface area contributed by atoms with Crippen LogP contribution in [0.4, 0.5) is 14.6 Å². The highest BCUT2D eigenvalue weighted by atomic mass is 19.3. The molecular formula is C20H20F2N4O. The van der Waals surface area contributed by atoms with Crippen molar-refractivity contribution < 1.29 is 13.5 Å². The van der Waals surface area contributed by atoms with Gasteiger partial charge in [0, 0.05) is 19.0 Å². The van der Waals surface area contributed by atoms with Crippen LogP contribution in [0.25, 0.3) is 11.3 Å². The van der Waals surface area contributed by atoms with E-state index >= 15 is 0 Å². The molecule has 0 amide bonds. The topological polar surface area (TPSA) is 54.0 Å². The molecular weight excluding hydrogens is 350 g/mol. The minimum atomic E-state index is -2.84. The van der Waals surface area contributed by atoms with Crippen molar-refractivity contribution in [1.82, 2.24) is 15.0 Å². The average Bonchev–Trinajstić information content (AvgIpc) is 3.19. The zero-order chi connectivity index (χ0) is 18.6. The summed E-state index contributed by atoms with van der Waals surface area (Å²) in [4.78, 5) is 14.5. The Kier molecular flexibility index (Phi) is 5.00. The van der Waals surface area contributed by atoms with Crippen LogP contribution in [0, 0.1) is 0 Å². The van der Waals surface area contributed by atoms with E-state index in [-0.39, 0.29) is 11.7 Å². The minimum absolute atomic E-state index is 0.0702. The van der Waals surface area contributed by atoms with Gasteiger partial charge in [-0.15, -0.1) is 0 Å². The lowest BCUT2D eigenvalue weighted by Crippen LogP contribution is -2.35. The molecule has 0 saturated carbocycles. The summed E-state index contributed by atoms with van der Waals surface area (Å²) in [6.07, 6.45) is 5.28. The Hall–Kier alpha value is -2.96. The van der Waals surface area contributed by atoms with E-state index in [1.54, 1.807) is 6.07 Å². The van der Waals surface area contributed by atoms with Crippen LogP contribution in [-0.4, -0.2) is 34.7 Å². The third-order valence-electron chi connectivity index (χ3n) is 4.76. The third kappa shape index (κ3) is 4.07. The molecule has 1 aromatic carbocycles. The van der Waals surface area contributed by atoms with Gasteiger partial charge in [-0.05, 0) is 30.5 Å². The van der Waals surface area contributed by atoms with Gasteiger partial charge >= 0.3 is 6.61 Å². The number of piperidine rings is 1. The number of hydrogen-bond acceptors (Lipinski definition) is 4. The molecule has 1 saturated heterocycles. The molecule has 1 unspecified atom stereocenters. The zero-order valence-corrected chi connectivity index (χ0v) is 14.7. The van der Waals surface area contributed by atoms with Gasteiger partial charge in [0.25, 0.3) is 0 Å². The fourth-order valence-electron chi connectivity index (χ4n) is 3.45. The summed E-state index contributed by atoms with van der Waals surface area (Å²) in [6.45, 7) is -1.18. The van der Waals surface area contributed by atoms with Crippen LogP contribution in [-0.2, 0) is 0 Å². The predicted molar refractivity (Wildman–Crippen MR) is 99.1 cm³/mol. The SMILES string of the molecule is FC(F)Oc1ccc(N2CCCC(c3ncc(-c4ccccc4)[nH]3)C2)nc1. The van der Waals surface area contributed by atoms with Gasteiger partial charge in [-0.25, -0.2) is 9.97 Å². The molecule has 5 nitrogen and oxygen atoms in total. The number of nitrogens with one attached hydrogen (secondary N) is 1. The van der Waals surface area contributed by atoms with Crippen molar-refractivity contribution in [3.05, 3.63) is 60.7 Å². The highest BCUT2D eigenvalue weighted by Crippen LogP contribution is 2.29. The quantitative estimate of drug-likeness (QED) is 0.721. The van der Waals surface area contributed by atoms with Crippen LogP contribution in [0.1, 0.15) is 24.6 Å². The second-order valence-corrected chi connectivity index (χ2v) is 6.56. The second kappa shape index (κ2) is 7.73. The summed E-state index contributed by atoms with van der Waals surface area (Å²) < 4.78 is 28.9. The number of ether oxygens (including phenoxy) is 1. The van der Waals surface area contributed by atoms with E-state index in [0.717, 1.165) is 48.8 Å². The average molecular weight is 370 g/mol. The Balaban J connectivity index is 1.46. The van der Waals surface area contributed by atoms with Crippen LogP contribution in [0.5, 0.6) is 5.75 Å². The van der Waals surface area contributed by atoms with Gasteiger partial charge in [-0.1, -0.05) is 30.3 Å². The molecule has 3 aromatic rings. The van der Waals surface area contributed by atoms with Crippen molar-refractivity contribution in [3.63, 3.8) is 0 Å². The summed E-state index contributed by atoms with van der Waals surface area (Å²) in [5, 5.41) is 0. The van der Waals surface area contributed by atoms with E-state index < -0.39 is 6.61 Å². The number of alkyl halides is 2. The molecule has 2 aromatic heterocycles. The monoisotopic (exact) mass is 370 g/mol. The van der Waals surface area contributed by atoms with Gasteiger partial charge in [0.1, 0.15) is 17.4 Å². The van der Waals surface area contributed by atoms with Crippen molar-refractivity contribution in [1.29, 1.82) is 0 Å². The number of hydrogen-bond donors (Lipinski definition) is 1. The molecule has 0 aliphatic carbocycles. The highest BCUT2D eigenvalue weighted by molar-refractivity contribution is 5.58.